The Kier molecular flexibility index (Phi) is 12.5. The Morgan fingerprint density at radius 3 is 2.05 bits per heavy atom. The zero-order valence-corrected chi connectivity index (χ0v) is 36.9. The first-order valence-electron chi connectivity index (χ1n) is 20.9. The summed E-state index contributed by atoms with van der Waals surface area (Å²) in [6, 6.07) is 14.9. The molecule has 0 radical (unpaired) electrons. The van der Waals surface area contributed by atoms with Crippen molar-refractivity contribution >= 4 is 35.6 Å². The van der Waals surface area contributed by atoms with E-state index < -0.39 is 124 Å². The number of ketones is 1. The zero-order chi connectivity index (χ0) is 45.9. The van der Waals surface area contributed by atoms with Gasteiger partial charge in [-0.3, -0.25) is 19.2 Å². The van der Waals surface area contributed by atoms with Crippen LogP contribution < -0.4 is 5.32 Å². The molecule has 1 saturated heterocycles. The highest BCUT2D eigenvalue weighted by Crippen LogP contribution is 2.65. The predicted octanol–water partition coefficient (Wildman–Crippen LogP) is 4.10. The summed E-state index contributed by atoms with van der Waals surface area (Å²) in [6.45, 7) is 15.2. The van der Waals surface area contributed by atoms with Crippen molar-refractivity contribution in [1.29, 1.82) is 0 Å². The molecule has 15 nitrogen and oxygen atoms in total. The van der Waals surface area contributed by atoms with Gasteiger partial charge in [-0.15, -0.1) is 0 Å². The number of hydrogen-bond donors (Lipinski definition) is 4. The lowest BCUT2D eigenvalue weighted by atomic mass is 9.43. The molecule has 1 aliphatic heterocycles. The maximum absolute atomic E-state index is 15.6. The van der Waals surface area contributed by atoms with E-state index in [2.05, 4.69) is 5.32 Å². The quantitative estimate of drug-likeness (QED) is 0.150. The van der Waals surface area contributed by atoms with Gasteiger partial charge in [0, 0.05) is 38.0 Å². The number of carbonyl (C=O) groups excluding carboxylic acids is 6. The second-order valence-electron chi connectivity index (χ2n) is 19.3. The monoisotopic (exact) mass is 861 g/mol. The van der Waals surface area contributed by atoms with Gasteiger partial charge in [0.25, 0.3) is 0 Å². The van der Waals surface area contributed by atoms with Crippen LogP contribution in [0.1, 0.15) is 104 Å². The van der Waals surface area contributed by atoms with Crippen molar-refractivity contribution in [2.24, 2.45) is 28.1 Å². The summed E-state index contributed by atoms with van der Waals surface area (Å²) in [5.74, 6) is -7.52. The number of benzene rings is 2. The van der Waals surface area contributed by atoms with E-state index in [-0.39, 0.29) is 29.7 Å². The molecule has 3 fully saturated rings. The average molecular weight is 862 g/mol. The first kappa shape index (κ1) is 46.5. The summed E-state index contributed by atoms with van der Waals surface area (Å²) in [5, 5.41) is 40.6. The van der Waals surface area contributed by atoms with Crippen LogP contribution in [-0.4, -0.2) is 105 Å². The van der Waals surface area contributed by atoms with Gasteiger partial charge in [0.1, 0.15) is 23.9 Å². The molecule has 0 aromatic heterocycles. The van der Waals surface area contributed by atoms with Gasteiger partial charge in [0.15, 0.2) is 23.6 Å². The van der Waals surface area contributed by atoms with Gasteiger partial charge in [-0.05, 0) is 48.1 Å². The smallest absolute Gasteiger partial charge is 0.338 e. The Morgan fingerprint density at radius 2 is 1.52 bits per heavy atom. The van der Waals surface area contributed by atoms with Crippen LogP contribution >= 0.6 is 0 Å². The number of amides is 1. The van der Waals surface area contributed by atoms with Gasteiger partial charge in [0.2, 0.25) is 5.91 Å². The molecule has 12 atom stereocenters. The minimum Gasteiger partial charge on any atom is -0.456 e. The molecule has 336 valence electrons. The van der Waals surface area contributed by atoms with Gasteiger partial charge < -0.3 is 44.3 Å². The van der Waals surface area contributed by atoms with Crippen LogP contribution in [0.3, 0.4) is 0 Å². The molecule has 0 spiro atoms. The van der Waals surface area contributed by atoms with E-state index in [1.807, 2.05) is 20.8 Å². The fraction of sp³-hybridized carbons (Fsp3) is 0.574. The second kappa shape index (κ2) is 16.6. The normalized spacial score (nSPS) is 33.4. The number of rotatable bonds is 10. The number of aliphatic hydroxyl groups excluding tert-OH is 2. The average Bonchev–Trinajstić information content (AvgIpc) is 3.18. The molecular weight excluding hydrogens is 803 g/mol. The molecule has 0 unspecified atom stereocenters. The van der Waals surface area contributed by atoms with E-state index in [1.54, 1.807) is 69.3 Å². The van der Waals surface area contributed by atoms with Crippen molar-refractivity contribution < 1.29 is 67.8 Å². The molecule has 62 heavy (non-hydrogen) atoms. The first-order chi connectivity index (χ1) is 28.8. The number of aliphatic hydroxyl groups is 3. The van der Waals surface area contributed by atoms with Gasteiger partial charge in [0.05, 0.1) is 35.6 Å². The number of esters is 4. The Balaban J connectivity index is 1.55. The maximum atomic E-state index is 15.6. The Hall–Kier alpha value is -4.96. The number of nitrogens with one attached hydrogen (secondary N) is 1. The van der Waals surface area contributed by atoms with Crippen LogP contribution in [0.15, 0.2) is 71.8 Å². The summed E-state index contributed by atoms with van der Waals surface area (Å²) in [6.07, 6.45) is -10.2. The number of fused-ring (bicyclic) bond motifs is 5. The van der Waals surface area contributed by atoms with E-state index in [9.17, 15) is 39.3 Å². The van der Waals surface area contributed by atoms with Crippen LogP contribution in [0.25, 0.3) is 0 Å². The second-order valence-corrected chi connectivity index (χ2v) is 19.3. The summed E-state index contributed by atoms with van der Waals surface area (Å²) in [5.41, 5.74) is -7.69. The third-order valence-corrected chi connectivity index (χ3v) is 13.5. The van der Waals surface area contributed by atoms with Crippen LogP contribution in [0, 0.1) is 28.1 Å². The standard InChI is InChI=1S/C47H59NO14/c1-24-30(60-42(56)34(52)33(28-17-13-11-14-18-28)48-31(51)22-43(5,6)7)21-47(57)40(61-41(55)29-19-15-12-16-20-29)36-45(10,38(54)35(59-26(3)49)32(24)44(47,8)9)37(53)25(2)39-46(36,23-58-39)62-27(4)50/h11-20,25,30,33-37,39-40,52-53,57H,21-23H2,1-10H3,(H,48,51)/t25-,30-,33-,34+,35+,36-,37-,39+,40-,45-,46+,47+/m0/s1. The van der Waals surface area contributed by atoms with E-state index in [4.69, 9.17) is 23.7 Å². The van der Waals surface area contributed by atoms with E-state index >= 15 is 4.79 Å². The summed E-state index contributed by atoms with van der Waals surface area (Å²) in [7, 11) is 0. The number of hydrogen-bond acceptors (Lipinski definition) is 14. The highest BCUT2D eigenvalue weighted by molar-refractivity contribution is 5.95. The van der Waals surface area contributed by atoms with Crippen LogP contribution in [0.2, 0.25) is 0 Å². The van der Waals surface area contributed by atoms with Crippen molar-refractivity contribution in [2.75, 3.05) is 6.61 Å². The molecule has 1 amide bonds. The fourth-order valence-electron chi connectivity index (χ4n) is 10.6. The molecule has 3 aliphatic carbocycles. The van der Waals surface area contributed by atoms with Gasteiger partial charge in [-0.1, -0.05) is 90.1 Å². The van der Waals surface area contributed by atoms with Crippen LogP contribution in [-0.2, 0) is 47.7 Å². The molecule has 2 aromatic rings. The highest BCUT2D eigenvalue weighted by Gasteiger charge is 2.79. The molecule has 4 aliphatic rings. The van der Waals surface area contributed by atoms with Gasteiger partial charge >= 0.3 is 23.9 Å². The van der Waals surface area contributed by atoms with Gasteiger partial charge in [-0.2, -0.15) is 0 Å². The Bertz CT molecular complexity index is 2130. The molecule has 2 saturated carbocycles. The molecular formula is C47H59NO14. The summed E-state index contributed by atoms with van der Waals surface area (Å²) < 4.78 is 30.5. The van der Waals surface area contributed by atoms with Crippen molar-refractivity contribution in [3.05, 3.63) is 82.9 Å². The molecule has 15 heteroatoms. The maximum Gasteiger partial charge on any atom is 0.338 e. The van der Waals surface area contributed by atoms with Crippen molar-refractivity contribution in [2.45, 2.75) is 136 Å². The number of ether oxygens (including phenoxy) is 5. The lowest BCUT2D eigenvalue weighted by molar-refractivity contribution is -0.360. The van der Waals surface area contributed by atoms with Crippen LogP contribution in [0.4, 0.5) is 0 Å². The SMILES string of the molecule is CC(=O)O[C@H]1C(=O)[C@@]2(C)[C@H]([C@H](OC(=O)c3ccccc3)[C@]3(O)C[C@H](OC(=O)[C@H](O)[C@@H](NC(=O)CC(C)(C)C)c4ccccc4)C(C)=C1C3(C)C)[C@]1(OC(C)=O)CO[C@@H]1[C@@H](C)[C@@H]2O. The summed E-state index contributed by atoms with van der Waals surface area (Å²) in [4.78, 5) is 83.6. The summed E-state index contributed by atoms with van der Waals surface area (Å²) >= 11 is 0. The van der Waals surface area contributed by atoms with E-state index in [1.165, 1.54) is 26.0 Å². The molecule has 4 N–H and O–H groups in total. The molecule has 2 bridgehead atoms. The largest absolute Gasteiger partial charge is 0.456 e. The minimum atomic E-state index is -2.39. The number of Topliss-reactive ketones (excluding diaryl/α,β-unsaturated/α-hetero) is 1. The number of carbonyl (C=O) groups is 6. The Labute approximate surface area is 361 Å². The molecule has 6 rings (SSSR count). The van der Waals surface area contributed by atoms with Crippen LogP contribution in [0.5, 0.6) is 0 Å². The molecule has 2 aromatic carbocycles. The molecule has 1 heterocycles. The Morgan fingerprint density at radius 1 is 0.919 bits per heavy atom. The van der Waals surface area contributed by atoms with Gasteiger partial charge in [-0.25, -0.2) is 9.59 Å². The zero-order valence-electron chi connectivity index (χ0n) is 36.9. The lowest BCUT2D eigenvalue weighted by Crippen LogP contribution is -2.83. The van der Waals surface area contributed by atoms with Crippen molar-refractivity contribution in [1.82, 2.24) is 5.32 Å². The van der Waals surface area contributed by atoms with Crippen molar-refractivity contribution in [3.63, 3.8) is 0 Å². The third kappa shape index (κ3) is 7.86. The fourth-order valence-corrected chi connectivity index (χ4v) is 10.6. The minimum absolute atomic E-state index is 0.00522. The first-order valence-corrected chi connectivity index (χ1v) is 20.9. The van der Waals surface area contributed by atoms with Crippen molar-refractivity contribution in [3.8, 4) is 0 Å². The predicted molar refractivity (Wildman–Crippen MR) is 221 cm³/mol. The highest BCUT2D eigenvalue weighted by atomic mass is 16.6. The topological polar surface area (TPSA) is 221 Å². The third-order valence-electron chi connectivity index (χ3n) is 13.5. The van der Waals surface area contributed by atoms with E-state index in [0.29, 0.717) is 5.56 Å². The lowest BCUT2D eigenvalue weighted by Gasteiger charge is -2.68. The van der Waals surface area contributed by atoms with E-state index in [0.717, 1.165) is 13.8 Å².